The zero-order valence-corrected chi connectivity index (χ0v) is 15.7. The van der Waals surface area contributed by atoms with E-state index in [2.05, 4.69) is 21.2 Å². The Labute approximate surface area is 150 Å². The van der Waals surface area contributed by atoms with Crippen molar-refractivity contribution in [2.75, 3.05) is 7.11 Å². The summed E-state index contributed by atoms with van der Waals surface area (Å²) < 4.78 is 6.05. The summed E-state index contributed by atoms with van der Waals surface area (Å²) in [6, 6.07) is 5.73. The third-order valence-corrected chi connectivity index (χ3v) is 5.41. The van der Waals surface area contributed by atoms with E-state index in [-0.39, 0.29) is 5.91 Å². The molecule has 0 bridgehead atoms. The zero-order chi connectivity index (χ0) is 17.7. The first-order valence-electron chi connectivity index (χ1n) is 8.22. The Hall–Kier alpha value is -1.56. The number of amides is 1. The summed E-state index contributed by atoms with van der Waals surface area (Å²) in [6.07, 6.45) is 4.12. The molecule has 24 heavy (non-hydrogen) atoms. The summed E-state index contributed by atoms with van der Waals surface area (Å²) in [4.78, 5) is 23.8. The van der Waals surface area contributed by atoms with Gasteiger partial charge in [-0.25, -0.2) is 0 Å². The number of rotatable bonds is 6. The van der Waals surface area contributed by atoms with Crippen molar-refractivity contribution >= 4 is 27.8 Å². The molecular formula is C18H24BrNO4. The second kappa shape index (κ2) is 8.01. The van der Waals surface area contributed by atoms with E-state index < -0.39 is 17.4 Å². The molecule has 132 valence electrons. The van der Waals surface area contributed by atoms with Crippen LogP contribution in [0.3, 0.4) is 0 Å². The molecule has 1 fully saturated rings. The fourth-order valence-corrected chi connectivity index (χ4v) is 3.97. The average Bonchev–Trinajstić information content (AvgIpc) is 2.52. The lowest BCUT2D eigenvalue weighted by Gasteiger charge is -2.39. The minimum absolute atomic E-state index is 0.0995. The summed E-state index contributed by atoms with van der Waals surface area (Å²) in [5.74, 6) is -0.679. The number of carbonyl (C=O) groups is 2. The van der Waals surface area contributed by atoms with Crippen molar-refractivity contribution in [1.82, 2.24) is 5.32 Å². The van der Waals surface area contributed by atoms with Crippen molar-refractivity contribution in [3.05, 3.63) is 28.2 Å². The molecule has 1 aromatic carbocycles. The van der Waals surface area contributed by atoms with Crippen molar-refractivity contribution in [2.45, 2.75) is 51.0 Å². The van der Waals surface area contributed by atoms with E-state index in [1.807, 2.05) is 25.1 Å². The van der Waals surface area contributed by atoms with Gasteiger partial charge in [-0.2, -0.15) is 0 Å². The van der Waals surface area contributed by atoms with Gasteiger partial charge >= 0.3 is 5.97 Å². The first-order valence-corrected chi connectivity index (χ1v) is 9.01. The summed E-state index contributed by atoms with van der Waals surface area (Å²) in [5.41, 5.74) is 0.378. The largest absolute Gasteiger partial charge is 0.496 e. The first-order chi connectivity index (χ1) is 11.4. The van der Waals surface area contributed by atoms with Crippen LogP contribution in [0.1, 0.15) is 44.6 Å². The van der Waals surface area contributed by atoms with Crippen LogP contribution in [0.15, 0.2) is 22.7 Å². The van der Waals surface area contributed by atoms with Crippen LogP contribution >= 0.6 is 15.9 Å². The molecule has 0 heterocycles. The van der Waals surface area contributed by atoms with Crippen LogP contribution in [0.25, 0.3) is 0 Å². The van der Waals surface area contributed by atoms with Crippen LogP contribution in [0.2, 0.25) is 0 Å². The van der Waals surface area contributed by atoms with Gasteiger partial charge in [0.25, 0.3) is 0 Å². The summed E-state index contributed by atoms with van der Waals surface area (Å²) in [7, 11) is 1.61. The number of hydrogen-bond acceptors (Lipinski definition) is 3. The van der Waals surface area contributed by atoms with Gasteiger partial charge < -0.3 is 15.2 Å². The Morgan fingerprint density at radius 3 is 2.79 bits per heavy atom. The monoisotopic (exact) mass is 397 g/mol. The molecule has 0 radical (unpaired) electrons. The van der Waals surface area contributed by atoms with Crippen LogP contribution in [0, 0.1) is 5.92 Å². The quantitative estimate of drug-likeness (QED) is 0.769. The molecule has 2 atom stereocenters. The maximum absolute atomic E-state index is 12.3. The van der Waals surface area contributed by atoms with E-state index in [1.165, 1.54) is 0 Å². The number of aliphatic carboxylic acids is 1. The molecule has 2 unspecified atom stereocenters. The van der Waals surface area contributed by atoms with Gasteiger partial charge in [0.15, 0.2) is 0 Å². The molecule has 2 N–H and O–H groups in total. The number of benzene rings is 1. The highest BCUT2D eigenvalue weighted by atomic mass is 79.9. The highest BCUT2D eigenvalue weighted by Crippen LogP contribution is 2.34. The number of aryl methyl sites for hydroxylation is 1. The number of nitrogens with one attached hydrogen (secondary N) is 1. The molecule has 1 saturated carbocycles. The van der Waals surface area contributed by atoms with Crippen molar-refractivity contribution in [3.63, 3.8) is 0 Å². The molecule has 0 saturated heterocycles. The second-order valence-electron chi connectivity index (χ2n) is 6.57. The predicted molar refractivity (Wildman–Crippen MR) is 95.2 cm³/mol. The summed E-state index contributed by atoms with van der Waals surface area (Å²) in [6.45, 7) is 1.85. The minimum Gasteiger partial charge on any atom is -0.496 e. The number of halogens is 1. The molecule has 5 nitrogen and oxygen atoms in total. The topological polar surface area (TPSA) is 75.6 Å². The smallest absolute Gasteiger partial charge is 0.308 e. The number of carbonyl (C=O) groups excluding carboxylic acids is 1. The third kappa shape index (κ3) is 4.50. The maximum atomic E-state index is 12.3. The van der Waals surface area contributed by atoms with Gasteiger partial charge in [0, 0.05) is 6.42 Å². The maximum Gasteiger partial charge on any atom is 0.308 e. The number of hydrogen-bond donors (Lipinski definition) is 2. The fraction of sp³-hybridized carbons (Fsp3) is 0.556. The van der Waals surface area contributed by atoms with E-state index in [1.54, 1.807) is 7.11 Å². The van der Waals surface area contributed by atoms with E-state index in [9.17, 15) is 14.7 Å². The molecule has 0 aromatic heterocycles. The van der Waals surface area contributed by atoms with Crippen LogP contribution in [-0.4, -0.2) is 29.6 Å². The Morgan fingerprint density at radius 2 is 2.17 bits per heavy atom. The number of carboxylic acid groups (broad SMARTS) is 1. The lowest BCUT2D eigenvalue weighted by atomic mass is 9.74. The zero-order valence-electron chi connectivity index (χ0n) is 14.1. The molecule has 2 rings (SSSR count). The van der Waals surface area contributed by atoms with Gasteiger partial charge in [0.05, 0.1) is 23.0 Å². The number of carboxylic acids is 1. The lowest BCUT2D eigenvalue weighted by molar-refractivity contribution is -0.146. The van der Waals surface area contributed by atoms with Gasteiger partial charge in [0.1, 0.15) is 5.75 Å². The standard InChI is InChI=1S/C18H24BrNO4/c1-18(10-4-3-5-13(18)17(22)23)20-16(21)9-7-12-6-8-15(24-2)14(19)11-12/h6,8,11,13H,3-5,7,9-10H2,1-2H3,(H,20,21)(H,22,23). The Bertz CT molecular complexity index is 619. The molecule has 0 aliphatic heterocycles. The Morgan fingerprint density at radius 1 is 1.42 bits per heavy atom. The number of methoxy groups -OCH3 is 1. The summed E-state index contributed by atoms with van der Waals surface area (Å²) in [5, 5.41) is 12.4. The molecule has 1 aliphatic carbocycles. The second-order valence-corrected chi connectivity index (χ2v) is 7.43. The van der Waals surface area contributed by atoms with Crippen LogP contribution in [-0.2, 0) is 16.0 Å². The third-order valence-electron chi connectivity index (χ3n) is 4.79. The molecule has 1 aliphatic rings. The van der Waals surface area contributed by atoms with Crippen molar-refractivity contribution in [3.8, 4) is 5.75 Å². The van der Waals surface area contributed by atoms with Gasteiger partial charge in [-0.05, 0) is 59.8 Å². The van der Waals surface area contributed by atoms with Crippen molar-refractivity contribution < 1.29 is 19.4 Å². The van der Waals surface area contributed by atoms with Gasteiger partial charge in [-0.3, -0.25) is 9.59 Å². The van der Waals surface area contributed by atoms with E-state index in [0.717, 1.165) is 28.6 Å². The number of ether oxygens (including phenoxy) is 1. The molecular weight excluding hydrogens is 374 g/mol. The molecule has 6 heteroatoms. The van der Waals surface area contributed by atoms with E-state index >= 15 is 0 Å². The van der Waals surface area contributed by atoms with Crippen molar-refractivity contribution in [1.29, 1.82) is 0 Å². The van der Waals surface area contributed by atoms with Crippen LogP contribution in [0.5, 0.6) is 5.75 Å². The normalized spacial score (nSPS) is 23.5. The molecule has 1 aromatic rings. The highest BCUT2D eigenvalue weighted by molar-refractivity contribution is 9.10. The Balaban J connectivity index is 1.95. The van der Waals surface area contributed by atoms with Gasteiger partial charge in [0.2, 0.25) is 5.91 Å². The van der Waals surface area contributed by atoms with E-state index in [0.29, 0.717) is 25.7 Å². The van der Waals surface area contributed by atoms with Crippen molar-refractivity contribution in [2.24, 2.45) is 5.92 Å². The van der Waals surface area contributed by atoms with Gasteiger partial charge in [-0.15, -0.1) is 0 Å². The predicted octanol–water partition coefficient (Wildman–Crippen LogP) is 3.54. The Kier molecular flexibility index (Phi) is 6.27. The minimum atomic E-state index is -0.823. The summed E-state index contributed by atoms with van der Waals surface area (Å²) >= 11 is 3.44. The molecule has 1 amide bonds. The highest BCUT2D eigenvalue weighted by Gasteiger charge is 2.41. The first kappa shape index (κ1) is 18.8. The van der Waals surface area contributed by atoms with Crippen LogP contribution < -0.4 is 10.1 Å². The van der Waals surface area contributed by atoms with Crippen LogP contribution in [0.4, 0.5) is 0 Å². The SMILES string of the molecule is COc1ccc(CCC(=O)NC2(C)CCCCC2C(=O)O)cc1Br. The molecule has 0 spiro atoms. The average molecular weight is 398 g/mol. The van der Waals surface area contributed by atoms with Gasteiger partial charge in [-0.1, -0.05) is 18.9 Å². The lowest BCUT2D eigenvalue weighted by Crippen LogP contribution is -2.55. The van der Waals surface area contributed by atoms with E-state index in [4.69, 9.17) is 4.74 Å². The fourth-order valence-electron chi connectivity index (χ4n) is 3.38.